The Morgan fingerprint density at radius 2 is 2.06 bits per heavy atom. The quantitative estimate of drug-likeness (QED) is 0.540. The first-order valence-corrected chi connectivity index (χ1v) is 4.87. The van der Waals surface area contributed by atoms with Crippen LogP contribution in [0.15, 0.2) is 46.4 Å². The first-order valence-electron chi connectivity index (χ1n) is 4.87. The van der Waals surface area contributed by atoms with Crippen molar-refractivity contribution < 1.29 is 5.11 Å². The van der Waals surface area contributed by atoms with E-state index < -0.39 is 0 Å². The van der Waals surface area contributed by atoms with Crippen molar-refractivity contribution in [3.05, 3.63) is 52.4 Å². The topological polar surface area (TPSA) is 90.4 Å². The van der Waals surface area contributed by atoms with Crippen molar-refractivity contribution in [3.8, 4) is 5.75 Å². The summed E-state index contributed by atoms with van der Waals surface area (Å²) in [7, 11) is 0. The van der Waals surface area contributed by atoms with Gasteiger partial charge in [0.25, 0.3) is 5.56 Å². The van der Waals surface area contributed by atoms with Gasteiger partial charge in [-0.1, -0.05) is 0 Å². The van der Waals surface area contributed by atoms with Crippen LogP contribution in [-0.4, -0.2) is 21.3 Å². The lowest BCUT2D eigenvalue weighted by molar-refractivity contribution is 0.475. The normalized spacial score (nSPS) is 10.6. The Bertz CT molecular complexity index is 575. The van der Waals surface area contributed by atoms with Gasteiger partial charge < -0.3 is 5.11 Å². The van der Waals surface area contributed by atoms with Crippen molar-refractivity contribution in [2.24, 2.45) is 5.10 Å². The molecule has 0 radical (unpaired) electrons. The summed E-state index contributed by atoms with van der Waals surface area (Å²) in [5.74, 6) is 0.469. The molecule has 1 aromatic heterocycles. The number of nitrogens with one attached hydrogen (secondary N) is 2. The van der Waals surface area contributed by atoms with Crippen molar-refractivity contribution in [1.29, 1.82) is 0 Å². The molecule has 0 fully saturated rings. The zero-order chi connectivity index (χ0) is 12.1. The van der Waals surface area contributed by atoms with E-state index in [0.717, 1.165) is 5.56 Å². The highest BCUT2D eigenvalue weighted by Gasteiger charge is 1.91. The van der Waals surface area contributed by atoms with Crippen molar-refractivity contribution in [1.82, 2.24) is 9.97 Å². The van der Waals surface area contributed by atoms with Crippen LogP contribution in [0, 0.1) is 0 Å². The molecule has 0 saturated carbocycles. The van der Waals surface area contributed by atoms with Gasteiger partial charge in [-0.05, 0) is 29.8 Å². The van der Waals surface area contributed by atoms with Crippen LogP contribution in [0.4, 0.5) is 5.95 Å². The molecule has 0 spiro atoms. The number of aromatic nitrogens is 2. The Balaban J connectivity index is 2.02. The molecule has 86 valence electrons. The maximum Gasteiger partial charge on any atom is 0.252 e. The number of H-pyrrole nitrogens is 1. The van der Waals surface area contributed by atoms with E-state index in [-0.39, 0.29) is 17.3 Å². The molecule has 6 nitrogen and oxygen atoms in total. The smallest absolute Gasteiger partial charge is 0.252 e. The van der Waals surface area contributed by atoms with Crippen molar-refractivity contribution >= 4 is 12.2 Å². The minimum atomic E-state index is -0.248. The standard InChI is InChI=1S/C11H10N4O2/c16-9-3-1-8(2-4-9)7-13-15-11-12-6-5-10(17)14-11/h1-7,16H,(H2,12,14,15,17)/b13-7+. The third kappa shape index (κ3) is 3.16. The molecular weight excluding hydrogens is 220 g/mol. The number of aromatic amines is 1. The lowest BCUT2D eigenvalue weighted by Crippen LogP contribution is -2.07. The number of nitrogens with zero attached hydrogens (tertiary/aromatic N) is 2. The fourth-order valence-corrected chi connectivity index (χ4v) is 1.16. The maximum absolute atomic E-state index is 10.9. The summed E-state index contributed by atoms with van der Waals surface area (Å²) in [5.41, 5.74) is 3.15. The van der Waals surface area contributed by atoms with Gasteiger partial charge >= 0.3 is 0 Å². The second-order valence-corrected chi connectivity index (χ2v) is 3.24. The van der Waals surface area contributed by atoms with Gasteiger partial charge in [0.2, 0.25) is 5.95 Å². The largest absolute Gasteiger partial charge is 0.508 e. The molecule has 0 atom stereocenters. The Morgan fingerprint density at radius 1 is 1.29 bits per heavy atom. The van der Waals surface area contributed by atoms with E-state index >= 15 is 0 Å². The number of phenols is 1. The van der Waals surface area contributed by atoms with Gasteiger partial charge in [0.05, 0.1) is 6.21 Å². The summed E-state index contributed by atoms with van der Waals surface area (Å²) in [6.45, 7) is 0. The summed E-state index contributed by atoms with van der Waals surface area (Å²) >= 11 is 0. The van der Waals surface area contributed by atoms with E-state index in [4.69, 9.17) is 5.11 Å². The second-order valence-electron chi connectivity index (χ2n) is 3.24. The number of hydrogen-bond acceptors (Lipinski definition) is 5. The van der Waals surface area contributed by atoms with Gasteiger partial charge in [0.15, 0.2) is 0 Å². The predicted octanol–water partition coefficient (Wildman–Crippen LogP) is 0.921. The minimum absolute atomic E-state index is 0.198. The van der Waals surface area contributed by atoms with Crippen LogP contribution in [0.3, 0.4) is 0 Å². The minimum Gasteiger partial charge on any atom is -0.508 e. The summed E-state index contributed by atoms with van der Waals surface area (Å²) in [6.07, 6.45) is 2.93. The molecule has 2 rings (SSSR count). The second kappa shape index (κ2) is 4.93. The lowest BCUT2D eigenvalue weighted by atomic mass is 10.2. The number of hydrazone groups is 1. The molecule has 17 heavy (non-hydrogen) atoms. The highest BCUT2D eigenvalue weighted by atomic mass is 16.3. The molecule has 0 unspecified atom stereocenters. The number of aromatic hydroxyl groups is 1. The van der Waals surface area contributed by atoms with Crippen LogP contribution in [0.1, 0.15) is 5.56 Å². The zero-order valence-corrected chi connectivity index (χ0v) is 8.79. The van der Waals surface area contributed by atoms with Gasteiger partial charge in [-0.15, -0.1) is 0 Å². The number of rotatable bonds is 3. The molecule has 0 aliphatic carbocycles. The fourth-order valence-electron chi connectivity index (χ4n) is 1.16. The van der Waals surface area contributed by atoms with Crippen LogP contribution in [-0.2, 0) is 0 Å². The first kappa shape index (κ1) is 10.9. The Kier molecular flexibility index (Phi) is 3.15. The Morgan fingerprint density at radius 3 is 2.76 bits per heavy atom. The van der Waals surface area contributed by atoms with E-state index in [1.165, 1.54) is 12.3 Å². The van der Waals surface area contributed by atoms with Gasteiger partial charge in [-0.25, -0.2) is 10.4 Å². The molecule has 0 amide bonds. The highest BCUT2D eigenvalue weighted by molar-refractivity contribution is 5.80. The van der Waals surface area contributed by atoms with E-state index in [9.17, 15) is 4.79 Å². The number of phenolic OH excluding ortho intramolecular Hbond substituents is 1. The zero-order valence-electron chi connectivity index (χ0n) is 8.79. The fraction of sp³-hybridized carbons (Fsp3) is 0. The number of benzene rings is 1. The van der Waals surface area contributed by atoms with E-state index in [1.807, 2.05) is 0 Å². The summed E-state index contributed by atoms with van der Waals surface area (Å²) < 4.78 is 0. The summed E-state index contributed by atoms with van der Waals surface area (Å²) in [5, 5.41) is 13.0. The highest BCUT2D eigenvalue weighted by Crippen LogP contribution is 2.07. The van der Waals surface area contributed by atoms with Crippen LogP contribution in [0.5, 0.6) is 5.75 Å². The maximum atomic E-state index is 10.9. The molecule has 0 aliphatic rings. The Hall–Kier alpha value is -2.63. The van der Waals surface area contributed by atoms with Crippen LogP contribution >= 0.6 is 0 Å². The molecule has 2 aromatic rings. The van der Waals surface area contributed by atoms with E-state index in [2.05, 4.69) is 20.5 Å². The first-order chi connectivity index (χ1) is 8.24. The molecule has 0 saturated heterocycles. The SMILES string of the molecule is O=c1ccnc(N/N=C/c2ccc(O)cc2)[nH]1. The molecular formula is C11H10N4O2. The monoisotopic (exact) mass is 230 g/mol. The van der Waals surface area contributed by atoms with E-state index in [1.54, 1.807) is 30.5 Å². The third-order valence-corrected chi connectivity index (χ3v) is 1.95. The molecule has 6 heteroatoms. The predicted molar refractivity (Wildman–Crippen MR) is 64.2 cm³/mol. The van der Waals surface area contributed by atoms with Crippen molar-refractivity contribution in [2.75, 3.05) is 5.43 Å². The van der Waals surface area contributed by atoms with Crippen LogP contribution < -0.4 is 11.0 Å². The van der Waals surface area contributed by atoms with Crippen molar-refractivity contribution in [3.63, 3.8) is 0 Å². The Labute approximate surface area is 96.7 Å². The number of anilines is 1. The molecule has 1 aromatic carbocycles. The van der Waals surface area contributed by atoms with Crippen molar-refractivity contribution in [2.45, 2.75) is 0 Å². The van der Waals surface area contributed by atoms with Crippen LogP contribution in [0.25, 0.3) is 0 Å². The van der Waals surface area contributed by atoms with E-state index in [0.29, 0.717) is 0 Å². The summed E-state index contributed by atoms with van der Waals surface area (Å²) in [6, 6.07) is 7.85. The van der Waals surface area contributed by atoms with Crippen LogP contribution in [0.2, 0.25) is 0 Å². The molecule has 1 heterocycles. The molecule has 3 N–H and O–H groups in total. The van der Waals surface area contributed by atoms with Gasteiger partial charge in [0.1, 0.15) is 5.75 Å². The third-order valence-electron chi connectivity index (χ3n) is 1.95. The summed E-state index contributed by atoms with van der Waals surface area (Å²) in [4.78, 5) is 17.3. The molecule has 0 bridgehead atoms. The molecule has 0 aliphatic heterocycles. The average Bonchev–Trinajstić information content (AvgIpc) is 2.32. The van der Waals surface area contributed by atoms with Gasteiger partial charge in [-0.3, -0.25) is 9.78 Å². The number of hydrogen-bond donors (Lipinski definition) is 3. The average molecular weight is 230 g/mol. The van der Waals surface area contributed by atoms with Gasteiger partial charge in [-0.2, -0.15) is 5.10 Å². The lowest BCUT2D eigenvalue weighted by Gasteiger charge is -1.97. The van der Waals surface area contributed by atoms with Gasteiger partial charge in [0, 0.05) is 12.3 Å².